The Morgan fingerprint density at radius 1 is 1.29 bits per heavy atom. The normalized spacial score (nSPS) is 14.3. The highest BCUT2D eigenvalue weighted by molar-refractivity contribution is 7.88. The number of nitrogens with one attached hydrogen (secondary N) is 2. The molecule has 0 spiro atoms. The summed E-state index contributed by atoms with van der Waals surface area (Å²) in [5.74, 6) is 0.433. The highest BCUT2D eigenvalue weighted by Gasteiger charge is 2.15. The van der Waals surface area contributed by atoms with Gasteiger partial charge in [-0.05, 0) is 23.6 Å². The molecule has 0 radical (unpaired) electrons. The average molecular weight is 307 g/mol. The van der Waals surface area contributed by atoms with Crippen LogP contribution in [0.5, 0.6) is 0 Å². The van der Waals surface area contributed by atoms with Crippen LogP contribution in [0.2, 0.25) is 0 Å². The molecule has 0 unspecified atom stereocenters. The molecule has 1 aliphatic rings. The number of hydrogen-bond donors (Lipinski definition) is 2. The third-order valence-corrected chi connectivity index (χ3v) is 4.67. The summed E-state index contributed by atoms with van der Waals surface area (Å²) in [6, 6.07) is 7.66. The Kier molecular flexibility index (Phi) is 3.79. The van der Waals surface area contributed by atoms with E-state index in [0.29, 0.717) is 11.5 Å². The number of aryl methyl sites for hydroxylation is 1. The lowest BCUT2D eigenvalue weighted by Crippen LogP contribution is -2.24. The second-order valence-corrected chi connectivity index (χ2v) is 7.02. The smallest absolute Gasteiger partial charge is 0.217 e. The molecule has 0 saturated carbocycles. The number of aromatic nitrogens is 1. The van der Waals surface area contributed by atoms with Crippen LogP contribution in [0.1, 0.15) is 28.1 Å². The summed E-state index contributed by atoms with van der Waals surface area (Å²) in [6.45, 7) is 3.74. The zero-order chi connectivity index (χ0) is 14.9. The molecule has 7 heteroatoms. The molecule has 21 heavy (non-hydrogen) atoms. The molecule has 0 amide bonds. The third kappa shape index (κ3) is 3.49. The first-order valence-corrected chi connectivity index (χ1v) is 8.38. The van der Waals surface area contributed by atoms with Gasteiger partial charge in [0.2, 0.25) is 10.0 Å². The summed E-state index contributed by atoms with van der Waals surface area (Å²) in [4.78, 5) is 0. The summed E-state index contributed by atoms with van der Waals surface area (Å²) in [6.07, 6.45) is 0. The van der Waals surface area contributed by atoms with Gasteiger partial charge in [-0.3, -0.25) is 0 Å². The van der Waals surface area contributed by atoms with Crippen LogP contribution in [0.15, 0.2) is 28.8 Å². The zero-order valence-corrected chi connectivity index (χ0v) is 12.5. The maximum absolute atomic E-state index is 12.0. The summed E-state index contributed by atoms with van der Waals surface area (Å²) in [5.41, 5.74) is 3.88. The van der Waals surface area contributed by atoms with Crippen molar-refractivity contribution in [2.24, 2.45) is 0 Å². The third-order valence-electron chi connectivity index (χ3n) is 3.41. The van der Waals surface area contributed by atoms with E-state index in [2.05, 4.69) is 15.2 Å². The number of rotatable bonds is 5. The van der Waals surface area contributed by atoms with Gasteiger partial charge < -0.3 is 9.84 Å². The lowest BCUT2D eigenvalue weighted by molar-refractivity contribution is 0.392. The van der Waals surface area contributed by atoms with Gasteiger partial charge in [-0.2, -0.15) is 0 Å². The minimum absolute atomic E-state index is 0.170. The van der Waals surface area contributed by atoms with Crippen LogP contribution < -0.4 is 10.0 Å². The number of nitrogens with zero attached hydrogens (tertiary/aromatic N) is 1. The van der Waals surface area contributed by atoms with E-state index < -0.39 is 10.0 Å². The van der Waals surface area contributed by atoms with Gasteiger partial charge in [-0.15, -0.1) is 0 Å². The number of fused-ring (bicyclic) bond motifs is 1. The first-order valence-electron chi connectivity index (χ1n) is 6.73. The Morgan fingerprint density at radius 3 is 2.86 bits per heavy atom. The van der Waals surface area contributed by atoms with Crippen molar-refractivity contribution in [1.82, 2.24) is 15.2 Å². The molecule has 112 valence electrons. The fraction of sp³-hybridized carbons (Fsp3) is 0.357. The van der Waals surface area contributed by atoms with Crippen LogP contribution in [-0.2, 0) is 35.4 Å². The molecular weight excluding hydrogens is 290 g/mol. The van der Waals surface area contributed by atoms with E-state index in [-0.39, 0.29) is 12.3 Å². The average Bonchev–Trinajstić information content (AvgIpc) is 3.04. The monoisotopic (exact) mass is 307 g/mol. The highest BCUT2D eigenvalue weighted by Crippen LogP contribution is 2.17. The Hall–Kier alpha value is -1.70. The topological polar surface area (TPSA) is 84.2 Å². The van der Waals surface area contributed by atoms with Crippen molar-refractivity contribution >= 4 is 10.0 Å². The van der Waals surface area contributed by atoms with E-state index in [0.717, 1.165) is 18.7 Å². The van der Waals surface area contributed by atoms with Crippen LogP contribution in [-0.4, -0.2) is 13.6 Å². The second kappa shape index (κ2) is 5.59. The molecule has 0 bridgehead atoms. The molecule has 2 aromatic rings. The maximum Gasteiger partial charge on any atom is 0.217 e. The van der Waals surface area contributed by atoms with Gasteiger partial charge in [-0.25, -0.2) is 13.1 Å². The van der Waals surface area contributed by atoms with Crippen molar-refractivity contribution in [3.8, 4) is 0 Å². The van der Waals surface area contributed by atoms with E-state index >= 15 is 0 Å². The molecule has 0 atom stereocenters. The molecule has 1 aromatic heterocycles. The fourth-order valence-electron chi connectivity index (χ4n) is 2.38. The Morgan fingerprint density at radius 2 is 2.10 bits per heavy atom. The first kappa shape index (κ1) is 14.2. The minimum atomic E-state index is -3.42. The first-order chi connectivity index (χ1) is 10.0. The molecular formula is C14H17N3O3S. The van der Waals surface area contributed by atoms with Gasteiger partial charge >= 0.3 is 0 Å². The van der Waals surface area contributed by atoms with Gasteiger partial charge in [0.1, 0.15) is 17.2 Å². The maximum atomic E-state index is 12.0. The van der Waals surface area contributed by atoms with E-state index in [1.165, 1.54) is 11.1 Å². The zero-order valence-electron chi connectivity index (χ0n) is 11.7. The minimum Gasteiger partial charge on any atom is -0.361 e. The summed E-state index contributed by atoms with van der Waals surface area (Å²) in [7, 11) is -3.42. The van der Waals surface area contributed by atoms with Crippen LogP contribution in [0.25, 0.3) is 0 Å². The molecule has 0 aliphatic carbocycles. The SMILES string of the molecule is Cc1cc(CS(=O)(=O)NCc2ccc3c(c2)CNC3)no1. The van der Waals surface area contributed by atoms with Crippen molar-refractivity contribution in [2.75, 3.05) is 0 Å². The standard InChI is InChI=1S/C14H17N3O3S/c1-10-4-14(17-20-10)9-21(18,19)16-6-11-2-3-12-7-15-8-13(12)5-11/h2-5,15-16H,6-9H2,1H3. The van der Waals surface area contributed by atoms with E-state index in [1.807, 2.05) is 18.2 Å². The Bertz CT molecular complexity index is 753. The van der Waals surface area contributed by atoms with Crippen molar-refractivity contribution in [3.05, 3.63) is 52.4 Å². The lowest BCUT2D eigenvalue weighted by atomic mass is 10.1. The Labute approximate surface area is 123 Å². The molecule has 2 heterocycles. The molecule has 2 N–H and O–H groups in total. The number of sulfonamides is 1. The molecule has 6 nitrogen and oxygen atoms in total. The molecule has 3 rings (SSSR count). The molecule has 1 aromatic carbocycles. The molecule has 0 fully saturated rings. The predicted octanol–water partition coefficient (Wildman–Crippen LogP) is 1.21. The van der Waals surface area contributed by atoms with Crippen molar-refractivity contribution in [3.63, 3.8) is 0 Å². The number of benzene rings is 1. The van der Waals surface area contributed by atoms with Crippen molar-refractivity contribution in [1.29, 1.82) is 0 Å². The van der Waals surface area contributed by atoms with Crippen LogP contribution in [0.4, 0.5) is 0 Å². The number of hydrogen-bond acceptors (Lipinski definition) is 5. The van der Waals surface area contributed by atoms with Crippen molar-refractivity contribution < 1.29 is 12.9 Å². The van der Waals surface area contributed by atoms with Crippen LogP contribution in [0, 0.1) is 6.92 Å². The van der Waals surface area contributed by atoms with Crippen molar-refractivity contribution in [2.45, 2.75) is 32.3 Å². The lowest BCUT2D eigenvalue weighted by Gasteiger charge is -2.07. The van der Waals surface area contributed by atoms with E-state index in [1.54, 1.807) is 13.0 Å². The summed E-state index contributed by atoms with van der Waals surface area (Å²) in [5, 5.41) is 6.97. The van der Waals surface area contributed by atoms with Gasteiger partial charge in [0.25, 0.3) is 0 Å². The van der Waals surface area contributed by atoms with E-state index in [9.17, 15) is 8.42 Å². The highest BCUT2D eigenvalue weighted by atomic mass is 32.2. The van der Waals surface area contributed by atoms with Crippen LogP contribution >= 0.6 is 0 Å². The van der Waals surface area contributed by atoms with Crippen LogP contribution in [0.3, 0.4) is 0 Å². The van der Waals surface area contributed by atoms with Gasteiger partial charge in [-0.1, -0.05) is 23.4 Å². The second-order valence-electron chi connectivity index (χ2n) is 5.22. The quantitative estimate of drug-likeness (QED) is 0.867. The molecule has 0 saturated heterocycles. The summed E-state index contributed by atoms with van der Waals surface area (Å²) >= 11 is 0. The summed E-state index contributed by atoms with van der Waals surface area (Å²) < 4.78 is 31.5. The Balaban J connectivity index is 1.63. The molecule has 1 aliphatic heterocycles. The predicted molar refractivity (Wildman–Crippen MR) is 77.7 cm³/mol. The largest absolute Gasteiger partial charge is 0.361 e. The van der Waals surface area contributed by atoms with Gasteiger partial charge in [0.15, 0.2) is 0 Å². The van der Waals surface area contributed by atoms with Gasteiger partial charge in [0, 0.05) is 25.7 Å². The van der Waals surface area contributed by atoms with Gasteiger partial charge in [0.05, 0.1) is 0 Å². The fourth-order valence-corrected chi connectivity index (χ4v) is 3.40. The van der Waals surface area contributed by atoms with E-state index in [4.69, 9.17) is 4.52 Å².